The number of amides is 1. The van der Waals surface area contributed by atoms with Crippen LogP contribution < -0.4 is 5.43 Å². The van der Waals surface area contributed by atoms with Crippen LogP contribution in [0.4, 0.5) is 0 Å². The zero-order chi connectivity index (χ0) is 16.9. The summed E-state index contributed by atoms with van der Waals surface area (Å²) >= 11 is 10.7. The van der Waals surface area contributed by atoms with E-state index in [1.165, 1.54) is 11.8 Å². The van der Waals surface area contributed by atoms with Crippen LogP contribution in [-0.2, 0) is 4.79 Å². The summed E-state index contributed by atoms with van der Waals surface area (Å²) in [4.78, 5) is 16.0. The lowest BCUT2D eigenvalue weighted by molar-refractivity contribution is -0.118. The van der Waals surface area contributed by atoms with Gasteiger partial charge in [-0.05, 0) is 42.5 Å². The van der Waals surface area contributed by atoms with Crippen molar-refractivity contribution in [1.82, 2.24) is 10.4 Å². The average molecular weight is 423 g/mol. The van der Waals surface area contributed by atoms with E-state index in [0.717, 1.165) is 25.8 Å². The molecule has 0 unspecified atom stereocenters. The molecule has 0 saturated carbocycles. The lowest BCUT2D eigenvalue weighted by atomic mass is 10.2. The monoisotopic (exact) mass is 421 g/mol. The second-order valence-corrected chi connectivity index (χ2v) is 7.37. The highest BCUT2D eigenvalue weighted by Crippen LogP contribution is 2.22. The summed E-state index contributed by atoms with van der Waals surface area (Å²) in [5, 5.41) is 5.74. The molecule has 3 rings (SSSR count). The lowest BCUT2D eigenvalue weighted by Gasteiger charge is -2.01. The number of benzene rings is 2. The first kappa shape index (κ1) is 17.1. The molecule has 0 aliphatic rings. The van der Waals surface area contributed by atoms with E-state index in [4.69, 9.17) is 11.6 Å². The Hall–Kier alpha value is -1.76. The average Bonchev–Trinajstić information content (AvgIpc) is 2.97. The largest absolute Gasteiger partial charge is 0.361 e. The van der Waals surface area contributed by atoms with E-state index in [9.17, 15) is 4.79 Å². The van der Waals surface area contributed by atoms with Crippen LogP contribution in [0.25, 0.3) is 10.9 Å². The fourth-order valence-electron chi connectivity index (χ4n) is 2.11. The van der Waals surface area contributed by atoms with Crippen LogP contribution in [0.3, 0.4) is 0 Å². The van der Waals surface area contributed by atoms with E-state index in [2.05, 4.69) is 31.4 Å². The molecule has 4 nitrogen and oxygen atoms in total. The molecule has 0 atom stereocenters. The minimum absolute atomic E-state index is 0.160. The number of aromatic amines is 1. The van der Waals surface area contributed by atoms with Gasteiger partial charge >= 0.3 is 0 Å². The molecule has 2 N–H and O–H groups in total. The van der Waals surface area contributed by atoms with Crippen molar-refractivity contribution in [1.29, 1.82) is 0 Å². The predicted octanol–water partition coefficient (Wildman–Crippen LogP) is 4.83. The molecule has 2 aromatic carbocycles. The molecule has 0 spiro atoms. The highest BCUT2D eigenvalue weighted by Gasteiger charge is 2.04. The van der Waals surface area contributed by atoms with Gasteiger partial charge in [0.1, 0.15) is 0 Å². The Morgan fingerprint density at radius 1 is 1.29 bits per heavy atom. The summed E-state index contributed by atoms with van der Waals surface area (Å²) in [5.74, 6) is 0.130. The maximum atomic E-state index is 11.8. The number of halogens is 2. The normalized spacial score (nSPS) is 11.2. The van der Waals surface area contributed by atoms with Crippen molar-refractivity contribution in [2.45, 2.75) is 4.90 Å². The Balaban J connectivity index is 1.56. The summed E-state index contributed by atoms with van der Waals surface area (Å²) in [6, 6.07) is 13.3. The number of H-pyrrole nitrogens is 1. The third-order valence-electron chi connectivity index (χ3n) is 3.25. The number of hydrazone groups is 1. The Morgan fingerprint density at radius 3 is 2.88 bits per heavy atom. The first-order chi connectivity index (χ1) is 11.6. The molecule has 0 radical (unpaired) electrons. The number of rotatable bonds is 5. The molecule has 0 bridgehead atoms. The molecule has 1 heterocycles. The first-order valence-corrected chi connectivity index (χ1v) is 9.24. The van der Waals surface area contributed by atoms with Crippen LogP contribution in [0.5, 0.6) is 0 Å². The molecule has 1 amide bonds. The maximum Gasteiger partial charge on any atom is 0.250 e. The first-order valence-electron chi connectivity index (χ1n) is 7.09. The predicted molar refractivity (Wildman–Crippen MR) is 104 cm³/mol. The zero-order valence-electron chi connectivity index (χ0n) is 12.4. The fraction of sp³-hybridized carbons (Fsp3) is 0.0588. The van der Waals surface area contributed by atoms with Gasteiger partial charge in [-0.1, -0.05) is 27.5 Å². The molecule has 0 aliphatic heterocycles. The molecule has 0 aliphatic carbocycles. The van der Waals surface area contributed by atoms with Gasteiger partial charge in [-0.15, -0.1) is 11.8 Å². The maximum absolute atomic E-state index is 11.8. The van der Waals surface area contributed by atoms with Gasteiger partial charge in [-0.2, -0.15) is 5.10 Å². The SMILES string of the molecule is O=C(CSc1ccc(Cl)cc1)N/N=C\c1c[nH]c2ccc(Br)cc12. The summed E-state index contributed by atoms with van der Waals surface area (Å²) in [7, 11) is 0. The third kappa shape index (κ3) is 4.41. The second-order valence-electron chi connectivity index (χ2n) is 4.97. The molecule has 1 aromatic heterocycles. The van der Waals surface area contributed by atoms with E-state index in [0.29, 0.717) is 10.8 Å². The van der Waals surface area contributed by atoms with Gasteiger partial charge in [0, 0.05) is 37.1 Å². The number of hydrogen-bond acceptors (Lipinski definition) is 3. The Kier molecular flexibility index (Phi) is 5.60. The molecule has 24 heavy (non-hydrogen) atoms. The van der Waals surface area contributed by atoms with E-state index in [-0.39, 0.29) is 5.91 Å². The molecule has 0 fully saturated rings. The number of nitrogens with one attached hydrogen (secondary N) is 2. The smallest absolute Gasteiger partial charge is 0.250 e. The van der Waals surface area contributed by atoms with Gasteiger partial charge < -0.3 is 4.98 Å². The van der Waals surface area contributed by atoms with Crippen molar-refractivity contribution in [3.63, 3.8) is 0 Å². The van der Waals surface area contributed by atoms with Crippen LogP contribution in [0.2, 0.25) is 5.02 Å². The summed E-state index contributed by atoms with van der Waals surface area (Å²) in [5.41, 5.74) is 4.47. The van der Waals surface area contributed by atoms with Gasteiger partial charge in [0.15, 0.2) is 0 Å². The lowest BCUT2D eigenvalue weighted by Crippen LogP contribution is -2.19. The number of carbonyl (C=O) groups is 1. The van der Waals surface area contributed by atoms with Crippen LogP contribution in [0.1, 0.15) is 5.56 Å². The second kappa shape index (κ2) is 7.88. The van der Waals surface area contributed by atoms with Gasteiger partial charge in [0.25, 0.3) is 0 Å². The number of fused-ring (bicyclic) bond motifs is 1. The summed E-state index contributed by atoms with van der Waals surface area (Å²) in [6.07, 6.45) is 3.49. The van der Waals surface area contributed by atoms with E-state index < -0.39 is 0 Å². The van der Waals surface area contributed by atoms with Gasteiger partial charge in [0.05, 0.1) is 12.0 Å². The number of thioether (sulfide) groups is 1. The van der Waals surface area contributed by atoms with Gasteiger partial charge in [0.2, 0.25) is 5.91 Å². The third-order valence-corrected chi connectivity index (χ3v) is 5.01. The standard InChI is InChI=1S/C17H13BrClN3OS/c18-12-1-6-16-15(7-12)11(8-20-16)9-21-22-17(23)10-24-14-4-2-13(19)3-5-14/h1-9,20H,10H2,(H,22,23)/b21-9-. The summed E-state index contributed by atoms with van der Waals surface area (Å²) in [6.45, 7) is 0. The van der Waals surface area contributed by atoms with Crippen molar-refractivity contribution in [3.8, 4) is 0 Å². The van der Waals surface area contributed by atoms with Gasteiger partial charge in [-0.3, -0.25) is 4.79 Å². The minimum atomic E-state index is -0.160. The van der Waals surface area contributed by atoms with E-state index in [1.807, 2.05) is 36.5 Å². The van der Waals surface area contributed by atoms with Crippen molar-refractivity contribution in [2.24, 2.45) is 5.10 Å². The molecule has 3 aromatic rings. The molecule has 0 saturated heterocycles. The zero-order valence-corrected chi connectivity index (χ0v) is 15.6. The Labute approximate surface area is 156 Å². The molecule has 7 heteroatoms. The minimum Gasteiger partial charge on any atom is -0.361 e. The van der Waals surface area contributed by atoms with Crippen molar-refractivity contribution >= 4 is 62.3 Å². The van der Waals surface area contributed by atoms with Crippen LogP contribution in [0, 0.1) is 0 Å². The molecular weight excluding hydrogens is 410 g/mol. The molecule has 122 valence electrons. The highest BCUT2D eigenvalue weighted by molar-refractivity contribution is 9.10. The van der Waals surface area contributed by atoms with Crippen molar-refractivity contribution in [3.05, 3.63) is 63.7 Å². The Morgan fingerprint density at radius 2 is 2.08 bits per heavy atom. The van der Waals surface area contributed by atoms with Crippen LogP contribution in [-0.4, -0.2) is 22.9 Å². The number of carbonyl (C=O) groups excluding carboxylic acids is 1. The van der Waals surface area contributed by atoms with Crippen LogP contribution in [0.15, 0.2) is 63.1 Å². The topological polar surface area (TPSA) is 57.2 Å². The highest BCUT2D eigenvalue weighted by atomic mass is 79.9. The molecular formula is C17H13BrClN3OS. The summed E-state index contributed by atoms with van der Waals surface area (Å²) < 4.78 is 0.993. The van der Waals surface area contributed by atoms with E-state index >= 15 is 0 Å². The fourth-order valence-corrected chi connectivity index (χ4v) is 3.28. The van der Waals surface area contributed by atoms with Gasteiger partial charge in [-0.25, -0.2) is 5.43 Å². The van der Waals surface area contributed by atoms with E-state index in [1.54, 1.807) is 18.3 Å². The number of aromatic nitrogens is 1. The van der Waals surface area contributed by atoms with Crippen LogP contribution >= 0.6 is 39.3 Å². The number of hydrogen-bond donors (Lipinski definition) is 2. The quantitative estimate of drug-likeness (QED) is 0.352. The van der Waals surface area contributed by atoms with Crippen molar-refractivity contribution < 1.29 is 4.79 Å². The van der Waals surface area contributed by atoms with Crippen molar-refractivity contribution in [2.75, 3.05) is 5.75 Å². The number of nitrogens with zero attached hydrogens (tertiary/aromatic N) is 1. The Bertz CT molecular complexity index is 892.